The van der Waals surface area contributed by atoms with E-state index in [2.05, 4.69) is 35.4 Å². The van der Waals surface area contributed by atoms with Crippen molar-refractivity contribution in [3.63, 3.8) is 0 Å². The van der Waals surface area contributed by atoms with E-state index in [1.807, 2.05) is 42.5 Å². The van der Waals surface area contributed by atoms with Gasteiger partial charge in [0.15, 0.2) is 16.7 Å². The van der Waals surface area contributed by atoms with Gasteiger partial charge in [-0.3, -0.25) is 10.2 Å². The van der Waals surface area contributed by atoms with Gasteiger partial charge in [0, 0.05) is 5.75 Å². The molecule has 1 N–H and O–H groups in total. The summed E-state index contributed by atoms with van der Waals surface area (Å²) in [4.78, 5) is 18.8. The van der Waals surface area contributed by atoms with E-state index in [0.717, 1.165) is 29.7 Å². The molecule has 1 atom stereocenters. The molecule has 9 nitrogen and oxygen atoms in total. The molecule has 2 heterocycles. The first-order chi connectivity index (χ1) is 21.4. The Morgan fingerprint density at radius 3 is 2.34 bits per heavy atom. The molecule has 11 heteroatoms. The number of thioether (sulfide) groups is 1. The maximum atomic E-state index is 13.0. The summed E-state index contributed by atoms with van der Waals surface area (Å²) in [6.45, 7) is 4.97. The van der Waals surface area contributed by atoms with Gasteiger partial charge in [-0.05, 0) is 59.4 Å². The molecule has 0 radical (unpaired) electrons. The van der Waals surface area contributed by atoms with Crippen molar-refractivity contribution < 1.29 is 23.7 Å². The minimum Gasteiger partial charge on any atom is -0.493 e. The van der Waals surface area contributed by atoms with E-state index >= 15 is 0 Å². The second kappa shape index (κ2) is 14.5. The normalized spacial score (nSPS) is 15.9. The summed E-state index contributed by atoms with van der Waals surface area (Å²) in [7, 11) is 3.07. The number of rotatable bonds is 12. The van der Waals surface area contributed by atoms with Crippen LogP contribution in [-0.2, 0) is 10.5 Å². The quantitative estimate of drug-likeness (QED) is 0.127. The molecule has 0 fully saturated rings. The minimum atomic E-state index is -0.508. The number of methoxy groups -OCH3 is 2. The van der Waals surface area contributed by atoms with Crippen molar-refractivity contribution in [1.29, 1.82) is 5.41 Å². The number of carbonyl (C=O) groups excluding carboxylic acids is 1. The summed E-state index contributed by atoms with van der Waals surface area (Å²) in [5, 5.41) is 9.86. The SMILES string of the molecule is CC[C@H](C)c1ccc(OCCOc2c(OC)cc(/C=C3/C(=N)N4C(SCc5ccccc5)=NSC4=NC3=O)cc2OC)cc1. The number of fused-ring (bicyclic) bond motifs is 1. The lowest BCUT2D eigenvalue weighted by molar-refractivity contribution is -0.114. The monoisotopic (exact) mass is 630 g/mol. The summed E-state index contributed by atoms with van der Waals surface area (Å²) < 4.78 is 27.6. The summed E-state index contributed by atoms with van der Waals surface area (Å²) in [6, 6.07) is 21.6. The molecule has 0 aliphatic carbocycles. The van der Waals surface area contributed by atoms with Gasteiger partial charge >= 0.3 is 0 Å². The van der Waals surface area contributed by atoms with E-state index in [-0.39, 0.29) is 18.0 Å². The van der Waals surface area contributed by atoms with Crippen LogP contribution in [0.3, 0.4) is 0 Å². The molecule has 228 valence electrons. The Balaban J connectivity index is 1.27. The van der Waals surface area contributed by atoms with Crippen molar-refractivity contribution in [2.75, 3.05) is 27.4 Å². The Morgan fingerprint density at radius 2 is 1.68 bits per heavy atom. The topological polar surface area (TPSA) is 106 Å². The molecule has 2 aliphatic rings. The fourth-order valence-corrected chi connectivity index (χ4v) is 6.34. The van der Waals surface area contributed by atoms with Crippen LogP contribution in [0.2, 0.25) is 0 Å². The fourth-order valence-electron chi connectivity index (χ4n) is 4.54. The highest BCUT2D eigenvalue weighted by molar-refractivity contribution is 8.18. The van der Waals surface area contributed by atoms with Gasteiger partial charge in [-0.15, -0.1) is 0 Å². The summed E-state index contributed by atoms with van der Waals surface area (Å²) >= 11 is 2.59. The first-order valence-electron chi connectivity index (χ1n) is 14.2. The molecule has 5 rings (SSSR count). The van der Waals surface area contributed by atoms with Crippen molar-refractivity contribution >= 4 is 51.9 Å². The Labute approximate surface area is 266 Å². The van der Waals surface area contributed by atoms with Gasteiger partial charge in [-0.25, -0.2) is 4.90 Å². The summed E-state index contributed by atoms with van der Waals surface area (Å²) in [5.74, 6) is 2.72. The van der Waals surface area contributed by atoms with Gasteiger partial charge < -0.3 is 18.9 Å². The lowest BCUT2D eigenvalue weighted by Gasteiger charge is -2.24. The third-order valence-corrected chi connectivity index (χ3v) is 8.99. The number of carbonyl (C=O) groups is 1. The fraction of sp³-hybridized carbons (Fsp3) is 0.273. The molecule has 44 heavy (non-hydrogen) atoms. The van der Waals surface area contributed by atoms with Crippen LogP contribution in [0.5, 0.6) is 23.0 Å². The lowest BCUT2D eigenvalue weighted by Crippen LogP contribution is -2.41. The lowest BCUT2D eigenvalue weighted by atomic mass is 9.99. The van der Waals surface area contributed by atoms with E-state index in [9.17, 15) is 4.79 Å². The number of aliphatic imine (C=N–C) groups is 1. The molecular formula is C33H34N4O5S2. The minimum absolute atomic E-state index is 0.0110. The van der Waals surface area contributed by atoms with Crippen LogP contribution in [0.15, 0.2) is 81.7 Å². The smallest absolute Gasteiger partial charge is 0.283 e. The number of amides is 1. The second-order valence-corrected chi connectivity index (χ2v) is 11.7. The van der Waals surface area contributed by atoms with Crippen molar-refractivity contribution in [3.05, 3.63) is 89.0 Å². The average molecular weight is 631 g/mol. The summed E-state index contributed by atoms with van der Waals surface area (Å²) in [6.07, 6.45) is 2.69. The number of nitrogens with one attached hydrogen (secondary N) is 1. The van der Waals surface area contributed by atoms with Gasteiger partial charge in [0.05, 0.1) is 31.7 Å². The zero-order chi connectivity index (χ0) is 31.1. The van der Waals surface area contributed by atoms with Crippen LogP contribution in [-0.4, -0.2) is 54.4 Å². The van der Waals surface area contributed by atoms with Crippen LogP contribution < -0.4 is 18.9 Å². The van der Waals surface area contributed by atoms with E-state index < -0.39 is 5.91 Å². The van der Waals surface area contributed by atoms with Crippen molar-refractivity contribution in [2.45, 2.75) is 31.9 Å². The number of hydrogen-bond donors (Lipinski definition) is 1. The molecule has 3 aromatic carbocycles. The number of hydrogen-bond acceptors (Lipinski definition) is 9. The molecule has 0 aromatic heterocycles. The Kier molecular flexibility index (Phi) is 10.3. The van der Waals surface area contributed by atoms with Crippen LogP contribution in [0.1, 0.15) is 42.9 Å². The molecule has 3 aromatic rings. The zero-order valence-corrected chi connectivity index (χ0v) is 26.7. The molecular weight excluding hydrogens is 597 g/mol. The van der Waals surface area contributed by atoms with E-state index in [1.165, 1.54) is 31.5 Å². The highest BCUT2D eigenvalue weighted by atomic mass is 32.2. The van der Waals surface area contributed by atoms with Crippen molar-refractivity contribution in [2.24, 2.45) is 9.39 Å². The van der Waals surface area contributed by atoms with Gasteiger partial charge in [-0.2, -0.15) is 9.39 Å². The largest absolute Gasteiger partial charge is 0.493 e. The number of ether oxygens (including phenoxy) is 4. The summed E-state index contributed by atoms with van der Waals surface area (Å²) in [5.41, 5.74) is 3.15. The van der Waals surface area contributed by atoms with Crippen LogP contribution in [0.4, 0.5) is 0 Å². The van der Waals surface area contributed by atoms with Gasteiger partial charge in [-0.1, -0.05) is 68.1 Å². The van der Waals surface area contributed by atoms with Crippen LogP contribution in [0, 0.1) is 5.41 Å². The van der Waals surface area contributed by atoms with Gasteiger partial charge in [0.2, 0.25) is 10.9 Å². The molecule has 0 bridgehead atoms. The standard InChI is InChI=1S/C33H34N4O5S2/c1-5-21(2)24-11-13-25(14-12-24)41-15-16-42-29-27(39-3)18-23(19-28(29)40-4)17-26-30(34)37-32(35-31(26)38)44-36-33(37)43-20-22-9-7-6-8-10-22/h6-14,17-19,21,34H,5,15-16,20H2,1-4H3/b26-17-,34-30?/t21-/m0/s1. The molecule has 0 saturated carbocycles. The Morgan fingerprint density at radius 1 is 1.00 bits per heavy atom. The highest BCUT2D eigenvalue weighted by Gasteiger charge is 2.37. The Hall–Kier alpha value is -4.22. The maximum absolute atomic E-state index is 13.0. The third-order valence-electron chi connectivity index (χ3n) is 7.16. The maximum Gasteiger partial charge on any atom is 0.283 e. The molecule has 0 spiro atoms. The number of benzene rings is 3. The van der Waals surface area contributed by atoms with E-state index in [0.29, 0.717) is 51.4 Å². The first kappa shape index (κ1) is 31.2. The molecule has 0 saturated heterocycles. The predicted octanol–water partition coefficient (Wildman–Crippen LogP) is 7.19. The Bertz CT molecular complexity index is 1580. The molecule has 2 aliphatic heterocycles. The van der Waals surface area contributed by atoms with Gasteiger partial charge in [0.1, 0.15) is 24.8 Å². The van der Waals surface area contributed by atoms with E-state index in [4.69, 9.17) is 24.4 Å². The average Bonchev–Trinajstić information content (AvgIpc) is 3.47. The zero-order valence-electron chi connectivity index (χ0n) is 25.0. The van der Waals surface area contributed by atoms with Crippen molar-refractivity contribution in [1.82, 2.24) is 4.90 Å². The van der Waals surface area contributed by atoms with Crippen LogP contribution in [0.25, 0.3) is 6.08 Å². The van der Waals surface area contributed by atoms with Crippen molar-refractivity contribution in [3.8, 4) is 23.0 Å². The first-order valence-corrected chi connectivity index (χ1v) is 15.9. The number of nitrogens with zero attached hydrogens (tertiary/aromatic N) is 3. The third kappa shape index (κ3) is 7.11. The molecule has 1 amide bonds. The van der Waals surface area contributed by atoms with Crippen LogP contribution >= 0.6 is 23.7 Å². The highest BCUT2D eigenvalue weighted by Crippen LogP contribution is 2.40. The number of amidine groups is 3. The van der Waals surface area contributed by atoms with Gasteiger partial charge in [0.25, 0.3) is 5.91 Å². The second-order valence-electron chi connectivity index (χ2n) is 10.0. The van der Waals surface area contributed by atoms with E-state index in [1.54, 1.807) is 23.1 Å². The molecule has 0 unspecified atom stereocenters. The predicted molar refractivity (Wildman–Crippen MR) is 178 cm³/mol.